The molecular formula is C26H36N4O3. The molecule has 7 nitrogen and oxygen atoms in total. The number of hydrogen-bond acceptors (Lipinski definition) is 4. The molecule has 1 aromatic carbocycles. The van der Waals surface area contributed by atoms with Gasteiger partial charge in [0, 0.05) is 30.7 Å². The van der Waals surface area contributed by atoms with E-state index in [9.17, 15) is 9.59 Å². The summed E-state index contributed by atoms with van der Waals surface area (Å²) in [6.45, 7) is 8.79. The normalized spacial score (nSPS) is 22.3. The minimum atomic E-state index is -0.227. The van der Waals surface area contributed by atoms with E-state index in [4.69, 9.17) is 4.74 Å². The van der Waals surface area contributed by atoms with Crippen molar-refractivity contribution in [3.63, 3.8) is 0 Å². The molecule has 178 valence electrons. The molecule has 1 aliphatic carbocycles. The van der Waals surface area contributed by atoms with Crippen LogP contribution in [0.3, 0.4) is 0 Å². The summed E-state index contributed by atoms with van der Waals surface area (Å²) in [6.07, 6.45) is 2.57. The predicted octanol–water partition coefficient (Wildman–Crippen LogP) is 3.12. The second kappa shape index (κ2) is 9.21. The predicted molar refractivity (Wildman–Crippen MR) is 129 cm³/mol. The van der Waals surface area contributed by atoms with Gasteiger partial charge in [-0.2, -0.15) is 0 Å². The first-order chi connectivity index (χ1) is 15.9. The Morgan fingerprint density at radius 2 is 1.97 bits per heavy atom. The van der Waals surface area contributed by atoms with Crippen LogP contribution in [0, 0.1) is 12.8 Å². The van der Waals surface area contributed by atoms with Gasteiger partial charge in [0.15, 0.2) is 0 Å². The van der Waals surface area contributed by atoms with Crippen molar-refractivity contribution in [3.8, 4) is 5.75 Å². The number of carbonyl (C=O) groups is 2. The quantitative estimate of drug-likeness (QED) is 0.731. The molecule has 0 radical (unpaired) electrons. The fourth-order valence-electron chi connectivity index (χ4n) is 5.91. The summed E-state index contributed by atoms with van der Waals surface area (Å²) in [4.78, 5) is 28.7. The molecule has 1 saturated heterocycles. The van der Waals surface area contributed by atoms with Gasteiger partial charge in [0.2, 0.25) is 0 Å². The van der Waals surface area contributed by atoms with E-state index in [1.165, 1.54) is 5.56 Å². The summed E-state index contributed by atoms with van der Waals surface area (Å²) in [7, 11) is 3.88. The van der Waals surface area contributed by atoms with Gasteiger partial charge in [-0.3, -0.25) is 9.36 Å². The molecule has 0 bridgehead atoms. The number of hydrogen-bond donors (Lipinski definition) is 2. The second-order valence-electron chi connectivity index (χ2n) is 9.41. The van der Waals surface area contributed by atoms with Crippen LogP contribution in [-0.4, -0.2) is 61.7 Å². The maximum Gasteiger partial charge on any atom is 0.326 e. The Labute approximate surface area is 196 Å². The number of rotatable bonds is 5. The standard InChI is InChI=1S/C26H36N4O3/c1-6-27-24(31)23-17(3)21-14-19-16-29(4)12-11-26(19,18-9-8-10-20(13-18)33-5)15-22(21)30(23)25(32)28-7-2/h8-10,13,19H,6-7,11-12,14-16H2,1-5H3,(H,27,31)(H,28,32)/t19-,26+/m1/s1. The third-order valence-electron chi connectivity index (χ3n) is 7.56. The summed E-state index contributed by atoms with van der Waals surface area (Å²) in [6, 6.07) is 8.16. The molecule has 7 heteroatoms. The number of nitrogens with one attached hydrogen (secondary N) is 2. The van der Waals surface area contributed by atoms with E-state index in [1.54, 1.807) is 11.7 Å². The van der Waals surface area contributed by atoms with E-state index < -0.39 is 0 Å². The monoisotopic (exact) mass is 452 g/mol. The van der Waals surface area contributed by atoms with E-state index >= 15 is 0 Å². The highest BCUT2D eigenvalue weighted by Crippen LogP contribution is 2.49. The molecule has 2 heterocycles. The lowest BCUT2D eigenvalue weighted by Crippen LogP contribution is -2.53. The molecule has 0 unspecified atom stereocenters. The molecule has 2 amide bonds. The van der Waals surface area contributed by atoms with Gasteiger partial charge in [0.05, 0.1) is 7.11 Å². The van der Waals surface area contributed by atoms with Crippen molar-refractivity contribution in [1.29, 1.82) is 0 Å². The molecule has 2 N–H and O–H groups in total. The maximum atomic E-state index is 13.3. The van der Waals surface area contributed by atoms with Crippen molar-refractivity contribution >= 4 is 11.9 Å². The zero-order valence-corrected chi connectivity index (χ0v) is 20.5. The SMILES string of the molecule is CCNC(=O)c1c(C)c2c(n1C(=O)NCC)C[C@]1(c3cccc(OC)c3)CCN(C)C[C@H]1C2. The van der Waals surface area contributed by atoms with Crippen LogP contribution < -0.4 is 15.4 Å². The molecule has 1 aromatic heterocycles. The number of likely N-dealkylation sites (tertiary alicyclic amines) is 1. The Hall–Kier alpha value is -2.80. The number of nitrogens with zero attached hydrogens (tertiary/aromatic N) is 2. The zero-order chi connectivity index (χ0) is 23.8. The van der Waals surface area contributed by atoms with Crippen LogP contribution in [0.4, 0.5) is 4.79 Å². The second-order valence-corrected chi connectivity index (χ2v) is 9.41. The molecule has 0 spiro atoms. The van der Waals surface area contributed by atoms with Gasteiger partial charge in [-0.25, -0.2) is 4.79 Å². The Balaban J connectivity index is 1.91. The van der Waals surface area contributed by atoms with E-state index in [0.717, 1.165) is 54.9 Å². The first-order valence-corrected chi connectivity index (χ1v) is 12.0. The zero-order valence-electron chi connectivity index (χ0n) is 20.5. The van der Waals surface area contributed by atoms with Crippen LogP contribution >= 0.6 is 0 Å². The number of fused-ring (bicyclic) bond motifs is 2. The highest BCUT2D eigenvalue weighted by Gasteiger charge is 2.49. The van der Waals surface area contributed by atoms with Crippen molar-refractivity contribution in [3.05, 3.63) is 52.3 Å². The van der Waals surface area contributed by atoms with Gasteiger partial charge in [-0.05, 0) is 88.4 Å². The molecule has 1 fully saturated rings. The molecule has 0 saturated carbocycles. The van der Waals surface area contributed by atoms with Crippen LogP contribution in [0.1, 0.15) is 53.1 Å². The highest BCUT2D eigenvalue weighted by molar-refractivity contribution is 5.99. The van der Waals surface area contributed by atoms with E-state index in [2.05, 4.69) is 40.8 Å². The summed E-state index contributed by atoms with van der Waals surface area (Å²) in [5.74, 6) is 1.05. The van der Waals surface area contributed by atoms with Gasteiger partial charge in [0.1, 0.15) is 11.4 Å². The number of piperidine rings is 1. The number of benzene rings is 1. The minimum absolute atomic E-state index is 0.110. The van der Waals surface area contributed by atoms with Gasteiger partial charge in [0.25, 0.3) is 5.91 Å². The van der Waals surface area contributed by atoms with Crippen molar-refractivity contribution < 1.29 is 14.3 Å². The smallest absolute Gasteiger partial charge is 0.326 e. The first-order valence-electron chi connectivity index (χ1n) is 12.0. The lowest BCUT2D eigenvalue weighted by atomic mass is 9.58. The average Bonchev–Trinajstić information content (AvgIpc) is 3.09. The van der Waals surface area contributed by atoms with Crippen LogP contribution in [0.5, 0.6) is 5.75 Å². The third kappa shape index (κ3) is 3.92. The topological polar surface area (TPSA) is 75.6 Å². The van der Waals surface area contributed by atoms with Gasteiger partial charge < -0.3 is 20.3 Å². The minimum Gasteiger partial charge on any atom is -0.497 e. The Morgan fingerprint density at radius 1 is 1.21 bits per heavy atom. The lowest BCUT2D eigenvalue weighted by Gasteiger charge is -2.50. The third-order valence-corrected chi connectivity index (χ3v) is 7.56. The van der Waals surface area contributed by atoms with E-state index in [-0.39, 0.29) is 17.4 Å². The number of ether oxygens (including phenoxy) is 1. The summed E-state index contributed by atoms with van der Waals surface area (Å²) in [5.41, 5.74) is 4.67. The molecule has 33 heavy (non-hydrogen) atoms. The Morgan fingerprint density at radius 3 is 2.67 bits per heavy atom. The molecule has 2 aromatic rings. The molecule has 2 aliphatic rings. The van der Waals surface area contributed by atoms with E-state index in [1.807, 2.05) is 26.8 Å². The molecule has 1 aliphatic heterocycles. The van der Waals surface area contributed by atoms with Gasteiger partial charge >= 0.3 is 6.03 Å². The number of carbonyl (C=O) groups excluding carboxylic acids is 2. The molecular weight excluding hydrogens is 416 g/mol. The van der Waals surface area contributed by atoms with Gasteiger partial charge in [-0.15, -0.1) is 0 Å². The number of aromatic nitrogens is 1. The van der Waals surface area contributed by atoms with Crippen molar-refractivity contribution in [2.75, 3.05) is 40.3 Å². The van der Waals surface area contributed by atoms with Crippen molar-refractivity contribution in [2.45, 2.75) is 45.4 Å². The fourth-order valence-corrected chi connectivity index (χ4v) is 5.91. The Kier molecular flexibility index (Phi) is 6.52. The largest absolute Gasteiger partial charge is 0.497 e. The van der Waals surface area contributed by atoms with E-state index in [0.29, 0.717) is 24.7 Å². The fraction of sp³-hybridized carbons (Fsp3) is 0.538. The molecule has 2 atom stereocenters. The number of methoxy groups -OCH3 is 1. The summed E-state index contributed by atoms with van der Waals surface area (Å²) < 4.78 is 7.22. The van der Waals surface area contributed by atoms with Crippen LogP contribution in [-0.2, 0) is 18.3 Å². The van der Waals surface area contributed by atoms with Crippen molar-refractivity contribution in [2.24, 2.45) is 5.92 Å². The Bertz CT molecular complexity index is 1060. The summed E-state index contributed by atoms with van der Waals surface area (Å²) >= 11 is 0. The van der Waals surface area contributed by atoms with Crippen LogP contribution in [0.25, 0.3) is 0 Å². The molecule has 4 rings (SSSR count). The van der Waals surface area contributed by atoms with Crippen LogP contribution in [0.2, 0.25) is 0 Å². The van der Waals surface area contributed by atoms with Crippen molar-refractivity contribution in [1.82, 2.24) is 20.1 Å². The van der Waals surface area contributed by atoms with Crippen LogP contribution in [0.15, 0.2) is 24.3 Å². The first kappa shape index (κ1) is 23.4. The highest BCUT2D eigenvalue weighted by atomic mass is 16.5. The van der Waals surface area contributed by atoms with Gasteiger partial charge in [-0.1, -0.05) is 12.1 Å². The summed E-state index contributed by atoms with van der Waals surface area (Å²) in [5, 5.41) is 5.84. The number of amides is 2. The lowest BCUT2D eigenvalue weighted by molar-refractivity contribution is 0.0943. The maximum absolute atomic E-state index is 13.3. The average molecular weight is 453 g/mol.